The molecule has 2 atom stereocenters. The summed E-state index contributed by atoms with van der Waals surface area (Å²) >= 11 is 14.3. The largest absolute Gasteiger partial charge is 0.480 e. The second-order valence-corrected chi connectivity index (χ2v) is 8.18. The zero-order valence-electron chi connectivity index (χ0n) is 9.95. The zero-order valence-corrected chi connectivity index (χ0v) is 16.3. The van der Waals surface area contributed by atoms with E-state index in [0.29, 0.717) is 0 Å². The minimum Gasteiger partial charge on any atom is -0.480 e. The van der Waals surface area contributed by atoms with Crippen LogP contribution in [0.5, 0.6) is 11.5 Å². The van der Waals surface area contributed by atoms with Crippen molar-refractivity contribution in [1.82, 2.24) is 0 Å². The highest BCUT2D eigenvalue weighted by atomic mass is 79.9. The fraction of sp³-hybridized carbons (Fsp3) is 0.286. The third kappa shape index (κ3) is 1.84. The summed E-state index contributed by atoms with van der Waals surface area (Å²) in [5.74, 6) is 2.07. The summed E-state index contributed by atoms with van der Waals surface area (Å²) in [6.07, 6.45) is 8.90. The third-order valence-corrected chi connectivity index (χ3v) is 8.58. The zero-order chi connectivity index (χ0) is 14.0. The number of halogens is 4. The second kappa shape index (κ2) is 4.86. The van der Waals surface area contributed by atoms with Crippen LogP contribution >= 0.6 is 63.7 Å². The van der Waals surface area contributed by atoms with Gasteiger partial charge in [-0.15, -0.1) is 0 Å². The van der Waals surface area contributed by atoms with Crippen molar-refractivity contribution in [3.05, 3.63) is 42.2 Å². The summed E-state index contributed by atoms with van der Waals surface area (Å²) in [7, 11) is 0. The van der Waals surface area contributed by atoms with Gasteiger partial charge in [-0.25, -0.2) is 0 Å². The van der Waals surface area contributed by atoms with Crippen molar-refractivity contribution in [2.45, 2.75) is 12.2 Å². The molecule has 3 aliphatic carbocycles. The van der Waals surface area contributed by atoms with Gasteiger partial charge in [0, 0.05) is 11.8 Å². The maximum Gasteiger partial charge on any atom is 0.178 e. The highest BCUT2D eigenvalue weighted by Gasteiger charge is 2.45. The Morgan fingerprint density at radius 2 is 0.950 bits per heavy atom. The van der Waals surface area contributed by atoms with Crippen LogP contribution in [0.25, 0.3) is 0 Å². The van der Waals surface area contributed by atoms with Crippen LogP contribution in [0.15, 0.2) is 42.2 Å². The Kier molecular flexibility index (Phi) is 3.37. The quantitative estimate of drug-likeness (QED) is 0.248. The van der Waals surface area contributed by atoms with Gasteiger partial charge in [0.15, 0.2) is 11.5 Å². The van der Waals surface area contributed by atoms with Gasteiger partial charge in [0.2, 0.25) is 0 Å². The molecule has 1 heterocycles. The SMILES string of the molecule is Brc1c(Br)c(Br)c2c(c1Br)OC1C3C=CC(C=C3)C1O2. The maximum absolute atomic E-state index is 6.26. The molecule has 2 unspecified atom stereocenters. The molecule has 0 saturated carbocycles. The molecule has 0 saturated heterocycles. The lowest BCUT2D eigenvalue weighted by molar-refractivity contribution is -0.0197. The molecule has 0 fully saturated rings. The summed E-state index contributed by atoms with van der Waals surface area (Å²) in [5.41, 5.74) is 0. The van der Waals surface area contributed by atoms with Gasteiger partial charge in [0.05, 0.1) is 17.9 Å². The first kappa shape index (κ1) is 13.9. The average Bonchev–Trinajstić information content (AvgIpc) is 2.51. The lowest BCUT2D eigenvalue weighted by atomic mass is 9.77. The van der Waals surface area contributed by atoms with E-state index in [1.54, 1.807) is 0 Å². The first-order valence-corrected chi connectivity index (χ1v) is 9.31. The lowest BCUT2D eigenvalue weighted by Gasteiger charge is -2.44. The molecule has 1 aliphatic heterocycles. The van der Waals surface area contributed by atoms with Crippen molar-refractivity contribution in [3.8, 4) is 11.5 Å². The monoisotopic (exact) mass is 524 g/mol. The molecule has 0 amide bonds. The number of benzene rings is 1. The summed E-state index contributed by atoms with van der Waals surface area (Å²) in [6.45, 7) is 0. The molecule has 104 valence electrons. The van der Waals surface area contributed by atoms with Crippen molar-refractivity contribution >= 4 is 63.7 Å². The number of hydrogen-bond donors (Lipinski definition) is 0. The van der Waals surface area contributed by atoms with Crippen LogP contribution in [0.3, 0.4) is 0 Å². The van der Waals surface area contributed by atoms with E-state index in [4.69, 9.17) is 9.47 Å². The molecule has 0 spiro atoms. The van der Waals surface area contributed by atoms with Gasteiger partial charge in [-0.2, -0.15) is 0 Å². The molecule has 2 bridgehead atoms. The Morgan fingerprint density at radius 1 is 0.600 bits per heavy atom. The Hall–Kier alpha value is 0.220. The summed E-state index contributed by atoms with van der Waals surface area (Å²) in [5, 5.41) is 0. The molecule has 4 aliphatic rings. The molecule has 0 N–H and O–H groups in total. The van der Waals surface area contributed by atoms with Crippen LogP contribution in [-0.4, -0.2) is 12.2 Å². The van der Waals surface area contributed by atoms with Crippen LogP contribution in [0.1, 0.15) is 0 Å². The van der Waals surface area contributed by atoms with Crippen molar-refractivity contribution in [3.63, 3.8) is 0 Å². The first-order valence-electron chi connectivity index (χ1n) is 6.14. The molecule has 1 aromatic carbocycles. The highest BCUT2D eigenvalue weighted by molar-refractivity contribution is 9.15. The number of fused-ring (bicyclic) bond motifs is 1. The molecule has 20 heavy (non-hydrogen) atoms. The van der Waals surface area contributed by atoms with Crippen LogP contribution in [0, 0.1) is 11.8 Å². The van der Waals surface area contributed by atoms with Gasteiger partial charge < -0.3 is 9.47 Å². The van der Waals surface area contributed by atoms with Crippen LogP contribution in [-0.2, 0) is 0 Å². The molecule has 1 aromatic rings. The number of rotatable bonds is 0. The summed E-state index contributed by atoms with van der Waals surface area (Å²) < 4.78 is 16.1. The summed E-state index contributed by atoms with van der Waals surface area (Å²) in [6, 6.07) is 0. The van der Waals surface area contributed by atoms with Crippen molar-refractivity contribution < 1.29 is 9.47 Å². The van der Waals surface area contributed by atoms with E-state index in [-0.39, 0.29) is 24.0 Å². The molecule has 6 heteroatoms. The fourth-order valence-electron chi connectivity index (χ4n) is 2.88. The van der Waals surface area contributed by atoms with Gasteiger partial charge in [-0.05, 0) is 63.7 Å². The molecule has 0 aromatic heterocycles. The topological polar surface area (TPSA) is 18.5 Å². The van der Waals surface area contributed by atoms with Crippen molar-refractivity contribution in [2.24, 2.45) is 11.8 Å². The fourth-order valence-corrected chi connectivity index (χ4v) is 5.12. The smallest absolute Gasteiger partial charge is 0.178 e. The Labute approximate surface area is 150 Å². The molecule has 5 rings (SSSR count). The third-order valence-electron chi connectivity index (χ3n) is 3.88. The van der Waals surface area contributed by atoms with Crippen LogP contribution in [0.4, 0.5) is 0 Å². The number of ether oxygens (including phenoxy) is 2. The molecule has 2 nitrogen and oxygen atoms in total. The molecule has 0 radical (unpaired) electrons. The second-order valence-electron chi connectivity index (χ2n) is 5.00. The van der Waals surface area contributed by atoms with E-state index < -0.39 is 0 Å². The van der Waals surface area contributed by atoms with E-state index in [1.807, 2.05) is 0 Å². The minimum atomic E-state index is 0.0405. The van der Waals surface area contributed by atoms with Gasteiger partial charge in [-0.1, -0.05) is 24.3 Å². The van der Waals surface area contributed by atoms with E-state index in [2.05, 4.69) is 88.0 Å². The normalized spacial score (nSPS) is 32.4. The van der Waals surface area contributed by atoms with Gasteiger partial charge in [-0.3, -0.25) is 0 Å². The van der Waals surface area contributed by atoms with E-state index in [1.165, 1.54) is 0 Å². The van der Waals surface area contributed by atoms with Gasteiger partial charge in [0.1, 0.15) is 12.2 Å². The van der Waals surface area contributed by atoms with E-state index in [9.17, 15) is 0 Å². The highest BCUT2D eigenvalue weighted by Crippen LogP contribution is 2.54. The average molecular weight is 528 g/mol. The minimum absolute atomic E-state index is 0.0405. The van der Waals surface area contributed by atoms with Gasteiger partial charge >= 0.3 is 0 Å². The Bertz CT molecular complexity index is 599. The summed E-state index contributed by atoms with van der Waals surface area (Å²) in [4.78, 5) is 0. The van der Waals surface area contributed by atoms with Crippen LogP contribution < -0.4 is 9.47 Å². The lowest BCUT2D eigenvalue weighted by Crippen LogP contribution is -2.51. The predicted octanol–water partition coefficient (Wildman–Crippen LogP) is 5.62. The first-order chi connectivity index (χ1) is 9.58. The van der Waals surface area contributed by atoms with Gasteiger partial charge in [0.25, 0.3) is 0 Å². The Balaban J connectivity index is 1.86. The molecular formula is C14H8Br4O2. The Morgan fingerprint density at radius 3 is 1.30 bits per heavy atom. The van der Waals surface area contributed by atoms with Crippen molar-refractivity contribution in [1.29, 1.82) is 0 Å². The number of hydrogen-bond acceptors (Lipinski definition) is 2. The maximum atomic E-state index is 6.26. The molecular weight excluding hydrogens is 520 g/mol. The van der Waals surface area contributed by atoms with E-state index >= 15 is 0 Å². The van der Waals surface area contributed by atoms with Crippen LogP contribution in [0.2, 0.25) is 0 Å². The predicted molar refractivity (Wildman–Crippen MR) is 91.3 cm³/mol. The standard InChI is InChI=1S/C14H8Br4O2/c15-7-8(16)10(18)14-13(9(7)17)19-11-5-1-2-6(4-3-5)12(11)20-14/h1-6,11-12H. The van der Waals surface area contributed by atoms with E-state index in [0.717, 1.165) is 29.4 Å². The van der Waals surface area contributed by atoms with Crippen molar-refractivity contribution in [2.75, 3.05) is 0 Å².